The number of nitrogens with zero attached hydrogens (tertiary/aromatic N) is 5. The second-order valence-corrected chi connectivity index (χ2v) is 7.13. The zero-order valence-corrected chi connectivity index (χ0v) is 16.4. The van der Waals surface area contributed by atoms with E-state index in [-0.39, 0.29) is 5.78 Å². The molecule has 2 aliphatic rings. The van der Waals surface area contributed by atoms with Gasteiger partial charge < -0.3 is 9.64 Å². The Balaban J connectivity index is 1.72. The molecule has 0 spiro atoms. The van der Waals surface area contributed by atoms with Crippen molar-refractivity contribution in [2.24, 2.45) is 0 Å². The molecular formula is C23H17N5O2. The van der Waals surface area contributed by atoms with Crippen LogP contribution in [0.1, 0.15) is 5.56 Å². The second kappa shape index (κ2) is 6.71. The van der Waals surface area contributed by atoms with Gasteiger partial charge in [0, 0.05) is 37.2 Å². The van der Waals surface area contributed by atoms with Gasteiger partial charge in [-0.3, -0.25) is 4.79 Å². The van der Waals surface area contributed by atoms with Gasteiger partial charge in [-0.1, -0.05) is 18.2 Å². The van der Waals surface area contributed by atoms with Crippen LogP contribution in [-0.2, 0) is 9.53 Å². The highest BCUT2D eigenvalue weighted by Crippen LogP contribution is 2.40. The third-order valence-corrected chi connectivity index (χ3v) is 4.95. The molecule has 7 nitrogen and oxygen atoms in total. The molecular weight excluding hydrogens is 378 g/mol. The van der Waals surface area contributed by atoms with Crippen LogP contribution >= 0.6 is 0 Å². The summed E-state index contributed by atoms with van der Waals surface area (Å²) in [5, 5.41) is 0.720. The number of aromatic nitrogens is 3. The summed E-state index contributed by atoms with van der Waals surface area (Å²) in [7, 11) is 3.81. The van der Waals surface area contributed by atoms with E-state index in [0.717, 1.165) is 16.8 Å². The molecule has 2 bridgehead atoms. The van der Waals surface area contributed by atoms with Crippen LogP contribution in [0.5, 0.6) is 0 Å². The van der Waals surface area contributed by atoms with Gasteiger partial charge in [0.15, 0.2) is 5.82 Å². The monoisotopic (exact) mass is 395 g/mol. The number of pyridine rings is 1. The predicted octanol–water partition coefficient (Wildman–Crippen LogP) is 2.66. The molecule has 0 aliphatic carbocycles. The van der Waals surface area contributed by atoms with Crippen LogP contribution in [0, 0.1) is 12.0 Å². The van der Waals surface area contributed by atoms with Crippen molar-refractivity contribution >= 4 is 28.3 Å². The first-order valence-corrected chi connectivity index (χ1v) is 9.36. The van der Waals surface area contributed by atoms with E-state index in [9.17, 15) is 4.79 Å². The van der Waals surface area contributed by atoms with Crippen LogP contribution in [0.4, 0.5) is 11.6 Å². The Morgan fingerprint density at radius 1 is 1.10 bits per heavy atom. The quantitative estimate of drug-likeness (QED) is 0.499. The molecule has 2 aliphatic heterocycles. The van der Waals surface area contributed by atoms with E-state index in [1.165, 1.54) is 12.4 Å². The largest absolute Gasteiger partial charge is 0.455 e. The predicted molar refractivity (Wildman–Crippen MR) is 114 cm³/mol. The fraction of sp³-hybridized carbons (Fsp3) is 0.130. The van der Waals surface area contributed by atoms with E-state index in [0.29, 0.717) is 17.1 Å². The fourth-order valence-corrected chi connectivity index (χ4v) is 3.41. The molecule has 0 N–H and O–H groups in total. The molecule has 0 saturated carbocycles. The number of benzene rings is 1. The number of hydrogen-bond acceptors (Lipinski definition) is 7. The van der Waals surface area contributed by atoms with Crippen molar-refractivity contribution in [1.29, 1.82) is 0 Å². The number of ketones is 1. The Labute approximate surface area is 173 Å². The van der Waals surface area contributed by atoms with Gasteiger partial charge in [-0.15, -0.1) is 0 Å². The summed E-state index contributed by atoms with van der Waals surface area (Å²) in [5.74, 6) is 4.65. The molecule has 0 fully saturated rings. The van der Waals surface area contributed by atoms with E-state index >= 15 is 0 Å². The van der Waals surface area contributed by atoms with Gasteiger partial charge in [0.25, 0.3) is 5.72 Å². The first-order chi connectivity index (χ1) is 14.6. The number of anilines is 2. The smallest absolute Gasteiger partial charge is 0.278 e. The van der Waals surface area contributed by atoms with Gasteiger partial charge >= 0.3 is 0 Å². The third-order valence-electron chi connectivity index (χ3n) is 4.95. The Kier molecular flexibility index (Phi) is 4.00. The van der Waals surface area contributed by atoms with E-state index in [1.54, 1.807) is 23.2 Å². The average molecular weight is 395 g/mol. The molecule has 1 atom stereocenters. The van der Waals surface area contributed by atoms with Crippen molar-refractivity contribution < 1.29 is 9.53 Å². The van der Waals surface area contributed by atoms with Crippen LogP contribution < -0.4 is 9.80 Å². The SMILES string of the molecule is CN(C)c1cc2c(N(C#Cc3ccccc3)C34C=CC(=CC3=O)O4)ncnc2cn1. The Bertz CT molecular complexity index is 1290. The minimum absolute atomic E-state index is 0.198. The van der Waals surface area contributed by atoms with Crippen LogP contribution in [-0.4, -0.2) is 40.6 Å². The van der Waals surface area contributed by atoms with Crippen LogP contribution in [0.2, 0.25) is 0 Å². The lowest BCUT2D eigenvalue weighted by Gasteiger charge is -2.31. The highest BCUT2D eigenvalue weighted by atomic mass is 16.5. The van der Waals surface area contributed by atoms with E-state index in [4.69, 9.17) is 4.74 Å². The molecule has 0 radical (unpaired) electrons. The summed E-state index contributed by atoms with van der Waals surface area (Å²) >= 11 is 0. The molecule has 0 amide bonds. The number of carbonyl (C=O) groups excluding carboxylic acids is 1. The summed E-state index contributed by atoms with van der Waals surface area (Å²) in [5.41, 5.74) is 0.0857. The molecule has 4 heterocycles. The summed E-state index contributed by atoms with van der Waals surface area (Å²) in [4.78, 5) is 29.6. The van der Waals surface area contributed by atoms with Crippen LogP contribution in [0.15, 0.2) is 72.9 Å². The van der Waals surface area contributed by atoms with E-state index < -0.39 is 5.72 Å². The minimum atomic E-state index is -1.38. The molecule has 1 unspecified atom stereocenters. The molecule has 1 aromatic carbocycles. The van der Waals surface area contributed by atoms with Crippen molar-refractivity contribution in [1.82, 2.24) is 15.0 Å². The Hall–Kier alpha value is -4.18. The Morgan fingerprint density at radius 2 is 1.93 bits per heavy atom. The zero-order chi connectivity index (χ0) is 20.7. The topological polar surface area (TPSA) is 71.5 Å². The molecule has 30 heavy (non-hydrogen) atoms. The summed E-state index contributed by atoms with van der Waals surface area (Å²) in [6.45, 7) is 0. The molecule has 146 valence electrons. The first-order valence-electron chi connectivity index (χ1n) is 9.36. The van der Waals surface area contributed by atoms with E-state index in [2.05, 4.69) is 26.9 Å². The van der Waals surface area contributed by atoms with Gasteiger partial charge in [0.05, 0.1) is 11.7 Å². The van der Waals surface area contributed by atoms with Crippen molar-refractivity contribution in [3.05, 3.63) is 78.5 Å². The molecule has 7 heteroatoms. The number of rotatable bonds is 3. The minimum Gasteiger partial charge on any atom is -0.455 e. The van der Waals surface area contributed by atoms with Crippen LogP contribution in [0.25, 0.3) is 10.9 Å². The number of carbonyl (C=O) groups is 1. The lowest BCUT2D eigenvalue weighted by Crippen LogP contribution is -2.49. The number of fused-ring (bicyclic) bond motifs is 3. The number of allylic oxidation sites excluding steroid dienone is 1. The molecule has 0 saturated heterocycles. The fourth-order valence-electron chi connectivity index (χ4n) is 3.41. The number of hydrogen-bond donors (Lipinski definition) is 0. The standard InChI is InChI=1S/C23H17N5O2/c1-27(2)21-13-18-19(14-24-21)25-15-26-22(18)28(11-9-16-6-4-3-5-7-16)23-10-8-17(30-23)12-20(23)29/h3-8,10,12-15H,1-2H3. The number of ether oxygens (including phenoxy) is 1. The van der Waals surface area contributed by atoms with Crippen LogP contribution in [0.3, 0.4) is 0 Å². The summed E-state index contributed by atoms with van der Waals surface area (Å²) in [6, 6.07) is 14.5. The Morgan fingerprint density at radius 3 is 2.63 bits per heavy atom. The second-order valence-electron chi connectivity index (χ2n) is 7.13. The lowest BCUT2D eigenvalue weighted by molar-refractivity contribution is -0.124. The van der Waals surface area contributed by atoms with Crippen molar-refractivity contribution in [3.8, 4) is 12.0 Å². The average Bonchev–Trinajstić information content (AvgIpc) is 3.32. The summed E-state index contributed by atoms with van der Waals surface area (Å²) < 4.78 is 5.94. The molecule has 3 aromatic rings. The van der Waals surface area contributed by atoms with Crippen molar-refractivity contribution in [3.63, 3.8) is 0 Å². The molecule has 5 rings (SSSR count). The molecule has 2 aromatic heterocycles. The zero-order valence-electron chi connectivity index (χ0n) is 16.4. The third kappa shape index (κ3) is 2.78. The maximum atomic E-state index is 12.9. The maximum Gasteiger partial charge on any atom is 0.278 e. The first kappa shape index (κ1) is 17.9. The van der Waals surface area contributed by atoms with Gasteiger partial charge in [-0.2, -0.15) is 0 Å². The maximum absolute atomic E-state index is 12.9. The van der Waals surface area contributed by atoms with Crippen molar-refractivity contribution in [2.45, 2.75) is 5.72 Å². The normalized spacial score (nSPS) is 18.6. The highest BCUT2D eigenvalue weighted by molar-refractivity contribution is 6.07. The van der Waals surface area contributed by atoms with Gasteiger partial charge in [-0.25, -0.2) is 19.9 Å². The highest BCUT2D eigenvalue weighted by Gasteiger charge is 2.52. The van der Waals surface area contributed by atoms with Gasteiger partial charge in [0.2, 0.25) is 5.78 Å². The van der Waals surface area contributed by atoms with E-state index in [1.807, 2.05) is 55.4 Å². The van der Waals surface area contributed by atoms with Gasteiger partial charge in [0.1, 0.15) is 17.9 Å². The van der Waals surface area contributed by atoms with Gasteiger partial charge in [-0.05, 0) is 36.3 Å². The lowest BCUT2D eigenvalue weighted by atomic mass is 10.0. The van der Waals surface area contributed by atoms with Crippen molar-refractivity contribution in [2.75, 3.05) is 23.9 Å². The summed E-state index contributed by atoms with van der Waals surface area (Å²) in [6.07, 6.45) is 8.09.